The number of carbonyl (C=O) groups is 1. The number of hydrogen-bond acceptors (Lipinski definition) is 4. The maximum atomic E-state index is 12.7. The van der Waals surface area contributed by atoms with Crippen molar-refractivity contribution in [2.24, 2.45) is 0 Å². The monoisotopic (exact) mass is 372 g/mol. The van der Waals surface area contributed by atoms with Gasteiger partial charge in [0.05, 0.1) is 22.6 Å². The zero-order valence-electron chi connectivity index (χ0n) is 13.3. The molecule has 25 heavy (non-hydrogen) atoms. The van der Waals surface area contributed by atoms with Crippen LogP contribution in [0.25, 0.3) is 0 Å². The Morgan fingerprint density at radius 3 is 2.56 bits per heavy atom. The van der Waals surface area contributed by atoms with Crippen molar-refractivity contribution in [3.05, 3.63) is 76.3 Å². The van der Waals surface area contributed by atoms with Gasteiger partial charge in [-0.2, -0.15) is 0 Å². The van der Waals surface area contributed by atoms with E-state index in [9.17, 15) is 4.79 Å². The Labute approximate surface area is 155 Å². The fourth-order valence-corrected chi connectivity index (χ4v) is 2.59. The highest BCUT2D eigenvalue weighted by molar-refractivity contribution is 6.31. The van der Waals surface area contributed by atoms with Gasteiger partial charge < -0.3 is 10.6 Å². The first-order valence-corrected chi connectivity index (χ1v) is 8.19. The standard InChI is InChI=1S/C18H14Cl2N4O/c1-11-5-6-16(23-15-8-13(20)9-21-10-15)17(22-11)18(25)24-14-4-2-3-12(19)7-14/h2-10,23H,1H3,(H,24,25). The molecule has 5 nitrogen and oxygen atoms in total. The number of aromatic nitrogens is 2. The molecule has 3 rings (SSSR count). The molecule has 0 bridgehead atoms. The quantitative estimate of drug-likeness (QED) is 0.669. The summed E-state index contributed by atoms with van der Waals surface area (Å²) in [6.07, 6.45) is 3.15. The number of nitrogens with zero attached hydrogens (tertiary/aromatic N) is 2. The summed E-state index contributed by atoms with van der Waals surface area (Å²) >= 11 is 11.9. The van der Waals surface area contributed by atoms with E-state index in [-0.39, 0.29) is 11.6 Å². The third-order valence-electron chi connectivity index (χ3n) is 3.32. The van der Waals surface area contributed by atoms with Crippen LogP contribution in [0.3, 0.4) is 0 Å². The van der Waals surface area contributed by atoms with Crippen LogP contribution in [0, 0.1) is 6.92 Å². The Bertz CT molecular complexity index is 930. The van der Waals surface area contributed by atoms with Gasteiger partial charge >= 0.3 is 0 Å². The lowest BCUT2D eigenvalue weighted by atomic mass is 10.2. The SMILES string of the molecule is Cc1ccc(Nc2cncc(Cl)c2)c(C(=O)Nc2cccc(Cl)c2)n1. The average Bonchev–Trinajstić information content (AvgIpc) is 2.56. The van der Waals surface area contributed by atoms with Crippen molar-refractivity contribution in [3.63, 3.8) is 0 Å². The van der Waals surface area contributed by atoms with Crippen LogP contribution < -0.4 is 10.6 Å². The topological polar surface area (TPSA) is 66.9 Å². The van der Waals surface area contributed by atoms with E-state index in [0.29, 0.717) is 27.1 Å². The number of benzene rings is 1. The van der Waals surface area contributed by atoms with Crippen molar-refractivity contribution in [1.82, 2.24) is 9.97 Å². The summed E-state index contributed by atoms with van der Waals surface area (Å²) in [5.74, 6) is -0.344. The molecule has 3 aromatic rings. The third-order valence-corrected chi connectivity index (χ3v) is 3.76. The second kappa shape index (κ2) is 7.51. The van der Waals surface area contributed by atoms with Crippen LogP contribution in [0.1, 0.15) is 16.2 Å². The van der Waals surface area contributed by atoms with Crippen LogP contribution >= 0.6 is 23.2 Å². The highest BCUT2D eigenvalue weighted by atomic mass is 35.5. The number of rotatable bonds is 4. The van der Waals surface area contributed by atoms with Crippen molar-refractivity contribution >= 4 is 46.2 Å². The second-order valence-electron chi connectivity index (χ2n) is 5.33. The van der Waals surface area contributed by atoms with E-state index in [2.05, 4.69) is 20.6 Å². The summed E-state index contributed by atoms with van der Waals surface area (Å²) < 4.78 is 0. The van der Waals surface area contributed by atoms with Gasteiger partial charge in [0.2, 0.25) is 0 Å². The number of aryl methyl sites for hydroxylation is 1. The lowest BCUT2D eigenvalue weighted by Gasteiger charge is -2.12. The molecule has 0 saturated carbocycles. The Morgan fingerprint density at radius 1 is 1.00 bits per heavy atom. The van der Waals surface area contributed by atoms with Gasteiger partial charge in [0.1, 0.15) is 0 Å². The van der Waals surface area contributed by atoms with Gasteiger partial charge in [0, 0.05) is 22.6 Å². The minimum absolute atomic E-state index is 0.264. The van der Waals surface area contributed by atoms with Gasteiger partial charge in [0.25, 0.3) is 5.91 Å². The number of amides is 1. The molecule has 0 unspecified atom stereocenters. The van der Waals surface area contributed by atoms with E-state index in [1.807, 2.05) is 13.0 Å². The molecule has 0 fully saturated rings. The molecule has 2 heterocycles. The van der Waals surface area contributed by atoms with Crippen LogP contribution in [-0.4, -0.2) is 15.9 Å². The molecule has 126 valence electrons. The Hall–Kier alpha value is -2.63. The van der Waals surface area contributed by atoms with E-state index >= 15 is 0 Å². The molecule has 0 spiro atoms. The van der Waals surface area contributed by atoms with Crippen LogP contribution in [0.15, 0.2) is 54.9 Å². The Kier molecular flexibility index (Phi) is 5.16. The predicted molar refractivity (Wildman–Crippen MR) is 101 cm³/mol. The van der Waals surface area contributed by atoms with Gasteiger partial charge in [-0.15, -0.1) is 0 Å². The lowest BCUT2D eigenvalue weighted by Crippen LogP contribution is -2.16. The first-order valence-electron chi connectivity index (χ1n) is 7.43. The predicted octanol–water partition coefficient (Wildman–Crippen LogP) is 5.09. The molecule has 0 atom stereocenters. The van der Waals surface area contributed by atoms with Crippen LogP contribution in [0.2, 0.25) is 10.0 Å². The lowest BCUT2D eigenvalue weighted by molar-refractivity contribution is 0.102. The van der Waals surface area contributed by atoms with E-state index in [1.54, 1.807) is 42.6 Å². The summed E-state index contributed by atoms with van der Waals surface area (Å²) in [4.78, 5) is 21.0. The van der Waals surface area contributed by atoms with Gasteiger partial charge in [0.15, 0.2) is 5.69 Å². The molecule has 0 aliphatic rings. The Morgan fingerprint density at radius 2 is 1.80 bits per heavy atom. The van der Waals surface area contributed by atoms with Gasteiger partial charge in [-0.05, 0) is 43.3 Å². The minimum atomic E-state index is -0.344. The fourth-order valence-electron chi connectivity index (χ4n) is 2.22. The van der Waals surface area contributed by atoms with Crippen molar-refractivity contribution in [3.8, 4) is 0 Å². The van der Waals surface area contributed by atoms with Gasteiger partial charge in [-0.3, -0.25) is 9.78 Å². The smallest absolute Gasteiger partial charge is 0.276 e. The molecule has 2 aromatic heterocycles. The Balaban J connectivity index is 1.89. The molecule has 1 amide bonds. The van der Waals surface area contributed by atoms with Crippen molar-refractivity contribution in [2.45, 2.75) is 6.92 Å². The van der Waals surface area contributed by atoms with Crippen molar-refractivity contribution < 1.29 is 4.79 Å². The van der Waals surface area contributed by atoms with E-state index in [4.69, 9.17) is 23.2 Å². The van der Waals surface area contributed by atoms with Crippen molar-refractivity contribution in [1.29, 1.82) is 0 Å². The normalized spacial score (nSPS) is 10.4. The molecule has 0 saturated heterocycles. The van der Waals surface area contributed by atoms with Crippen LogP contribution in [0.4, 0.5) is 17.1 Å². The van der Waals surface area contributed by atoms with E-state index < -0.39 is 0 Å². The fraction of sp³-hybridized carbons (Fsp3) is 0.0556. The van der Waals surface area contributed by atoms with E-state index in [1.165, 1.54) is 6.20 Å². The maximum absolute atomic E-state index is 12.7. The molecule has 2 N–H and O–H groups in total. The molecular weight excluding hydrogens is 359 g/mol. The number of nitrogens with one attached hydrogen (secondary N) is 2. The van der Waals surface area contributed by atoms with Crippen LogP contribution in [0.5, 0.6) is 0 Å². The molecular formula is C18H14Cl2N4O. The van der Waals surface area contributed by atoms with Crippen molar-refractivity contribution in [2.75, 3.05) is 10.6 Å². The maximum Gasteiger partial charge on any atom is 0.276 e. The summed E-state index contributed by atoms with van der Waals surface area (Å²) in [5.41, 5.74) is 2.80. The van der Waals surface area contributed by atoms with Gasteiger partial charge in [-0.1, -0.05) is 29.3 Å². The number of hydrogen-bond donors (Lipinski definition) is 2. The summed E-state index contributed by atoms with van der Waals surface area (Å²) in [7, 11) is 0. The minimum Gasteiger partial charge on any atom is -0.352 e. The molecule has 0 aliphatic carbocycles. The summed E-state index contributed by atoms with van der Waals surface area (Å²) in [6, 6.07) is 12.2. The zero-order chi connectivity index (χ0) is 17.8. The zero-order valence-corrected chi connectivity index (χ0v) is 14.8. The molecule has 7 heteroatoms. The molecule has 0 radical (unpaired) electrons. The second-order valence-corrected chi connectivity index (χ2v) is 6.20. The average molecular weight is 373 g/mol. The first kappa shape index (κ1) is 17.2. The van der Waals surface area contributed by atoms with E-state index in [0.717, 1.165) is 5.69 Å². The largest absolute Gasteiger partial charge is 0.352 e. The highest BCUT2D eigenvalue weighted by Gasteiger charge is 2.15. The number of pyridine rings is 2. The van der Waals surface area contributed by atoms with Gasteiger partial charge in [-0.25, -0.2) is 4.98 Å². The number of carbonyl (C=O) groups excluding carboxylic acids is 1. The molecule has 0 aliphatic heterocycles. The van der Waals surface area contributed by atoms with Crippen LogP contribution in [-0.2, 0) is 0 Å². The highest BCUT2D eigenvalue weighted by Crippen LogP contribution is 2.23. The number of halogens is 2. The summed E-state index contributed by atoms with van der Waals surface area (Å²) in [5, 5.41) is 6.95. The number of anilines is 3. The first-order chi connectivity index (χ1) is 12.0. The summed E-state index contributed by atoms with van der Waals surface area (Å²) in [6.45, 7) is 1.82. The third kappa shape index (κ3) is 4.47. The molecule has 1 aromatic carbocycles.